The van der Waals surface area contributed by atoms with E-state index in [0.717, 1.165) is 38.8 Å². The molecule has 2 amide bonds. The van der Waals surface area contributed by atoms with Gasteiger partial charge < -0.3 is 29.7 Å². The number of amides is 2. The zero-order valence-electron chi connectivity index (χ0n) is 27.6. The molecule has 0 saturated carbocycles. The van der Waals surface area contributed by atoms with Gasteiger partial charge in [-0.2, -0.15) is 0 Å². The number of anilines is 1. The maximum absolute atomic E-state index is 14.3. The number of rotatable bonds is 11. The standard InChI is InChI=1S/C35H54N4O5/c1-26-22-39(27(2)25-40)35(42)31-21-30(36-34(41)16-12-19-37(4)5)17-18-32(31)44-28(3)13-10-11-20-43-33(26)24-38(6)23-29-14-8-7-9-15-29/h7-9,14-15,17-18,21,26-28,33,40H,10-13,16,19-20,22-25H2,1-6H3,(H,36,41)/t26-,27-,28+,33+/m0/s1. The molecular weight excluding hydrogens is 556 g/mol. The first-order valence-electron chi connectivity index (χ1n) is 16.1. The number of fused-ring (bicyclic) bond motifs is 1. The van der Waals surface area contributed by atoms with Gasteiger partial charge in [-0.15, -0.1) is 0 Å². The molecular formula is C35H54N4O5. The van der Waals surface area contributed by atoms with Crippen LogP contribution in [-0.2, 0) is 16.1 Å². The van der Waals surface area contributed by atoms with Crippen molar-refractivity contribution < 1.29 is 24.2 Å². The molecule has 4 atom stereocenters. The normalized spacial score (nSPS) is 21.0. The largest absolute Gasteiger partial charge is 0.490 e. The van der Waals surface area contributed by atoms with Crippen LogP contribution in [-0.4, -0.2) is 104 Å². The van der Waals surface area contributed by atoms with Crippen LogP contribution in [0, 0.1) is 5.92 Å². The fourth-order valence-electron chi connectivity index (χ4n) is 5.51. The van der Waals surface area contributed by atoms with E-state index < -0.39 is 6.04 Å². The van der Waals surface area contributed by atoms with Crippen LogP contribution in [0.15, 0.2) is 48.5 Å². The van der Waals surface area contributed by atoms with Gasteiger partial charge in [-0.3, -0.25) is 14.5 Å². The Hall–Kier alpha value is -2.98. The Morgan fingerprint density at radius 1 is 1.11 bits per heavy atom. The molecule has 9 nitrogen and oxygen atoms in total. The maximum Gasteiger partial charge on any atom is 0.258 e. The molecule has 0 unspecified atom stereocenters. The Bertz CT molecular complexity index is 1160. The van der Waals surface area contributed by atoms with Crippen LogP contribution in [0.2, 0.25) is 0 Å². The number of aliphatic hydroxyl groups excluding tert-OH is 1. The molecule has 2 aromatic rings. The summed E-state index contributed by atoms with van der Waals surface area (Å²) in [6.45, 7) is 9.18. The van der Waals surface area contributed by atoms with Gasteiger partial charge in [0.25, 0.3) is 5.91 Å². The fourth-order valence-corrected chi connectivity index (χ4v) is 5.51. The van der Waals surface area contributed by atoms with E-state index in [4.69, 9.17) is 9.47 Å². The van der Waals surface area contributed by atoms with Crippen LogP contribution >= 0.6 is 0 Å². The highest BCUT2D eigenvalue weighted by atomic mass is 16.5. The quantitative estimate of drug-likeness (QED) is 0.374. The zero-order valence-corrected chi connectivity index (χ0v) is 27.6. The summed E-state index contributed by atoms with van der Waals surface area (Å²) in [6, 6.07) is 15.2. The van der Waals surface area contributed by atoms with Gasteiger partial charge >= 0.3 is 0 Å². The van der Waals surface area contributed by atoms with Crippen LogP contribution in [0.4, 0.5) is 5.69 Å². The van der Waals surface area contributed by atoms with E-state index in [1.54, 1.807) is 23.1 Å². The Balaban J connectivity index is 1.87. The number of nitrogens with one attached hydrogen (secondary N) is 1. The first-order valence-corrected chi connectivity index (χ1v) is 16.1. The number of nitrogens with zero attached hydrogens (tertiary/aromatic N) is 3. The summed E-state index contributed by atoms with van der Waals surface area (Å²) in [5.74, 6) is 0.154. The van der Waals surface area contributed by atoms with Crippen molar-refractivity contribution >= 4 is 17.5 Å². The number of aliphatic hydroxyl groups is 1. The van der Waals surface area contributed by atoms with Gasteiger partial charge in [0.15, 0.2) is 0 Å². The predicted octanol–water partition coefficient (Wildman–Crippen LogP) is 4.89. The minimum absolute atomic E-state index is 0.00279. The van der Waals surface area contributed by atoms with Crippen molar-refractivity contribution in [1.82, 2.24) is 14.7 Å². The predicted molar refractivity (Wildman–Crippen MR) is 176 cm³/mol. The molecule has 1 heterocycles. The molecule has 3 rings (SSSR count). The maximum atomic E-state index is 14.3. The van der Waals surface area contributed by atoms with Crippen molar-refractivity contribution in [2.75, 3.05) is 59.3 Å². The monoisotopic (exact) mass is 610 g/mol. The highest BCUT2D eigenvalue weighted by Gasteiger charge is 2.30. The number of hydrogen-bond donors (Lipinski definition) is 2. The molecule has 0 aliphatic carbocycles. The minimum Gasteiger partial charge on any atom is -0.490 e. The summed E-state index contributed by atoms with van der Waals surface area (Å²) in [7, 11) is 6.06. The average Bonchev–Trinajstić information content (AvgIpc) is 2.98. The molecule has 0 saturated heterocycles. The van der Waals surface area contributed by atoms with E-state index in [0.29, 0.717) is 43.1 Å². The van der Waals surface area contributed by atoms with E-state index in [1.807, 2.05) is 51.0 Å². The molecule has 1 aliphatic heterocycles. The van der Waals surface area contributed by atoms with Gasteiger partial charge in [-0.25, -0.2) is 0 Å². The lowest BCUT2D eigenvalue weighted by Crippen LogP contribution is -2.47. The second-order valence-corrected chi connectivity index (χ2v) is 12.6. The van der Waals surface area contributed by atoms with Crippen molar-refractivity contribution in [3.8, 4) is 5.75 Å². The Kier molecular flexibility index (Phi) is 14.6. The molecule has 0 bridgehead atoms. The van der Waals surface area contributed by atoms with Crippen LogP contribution < -0.4 is 10.1 Å². The van der Waals surface area contributed by atoms with Gasteiger partial charge in [-0.1, -0.05) is 37.3 Å². The van der Waals surface area contributed by atoms with Crippen molar-refractivity contribution in [2.45, 2.75) is 77.7 Å². The second-order valence-electron chi connectivity index (χ2n) is 12.6. The first kappa shape index (κ1) is 35.5. The highest BCUT2D eigenvalue weighted by molar-refractivity contribution is 5.99. The molecule has 44 heavy (non-hydrogen) atoms. The van der Waals surface area contributed by atoms with E-state index in [1.165, 1.54) is 5.56 Å². The van der Waals surface area contributed by atoms with Crippen molar-refractivity contribution in [3.63, 3.8) is 0 Å². The molecule has 0 spiro atoms. The third-order valence-electron chi connectivity index (χ3n) is 8.13. The topological polar surface area (TPSA) is 94.6 Å². The lowest BCUT2D eigenvalue weighted by Gasteiger charge is -2.36. The Labute approximate surface area is 264 Å². The van der Waals surface area contributed by atoms with E-state index in [-0.39, 0.29) is 36.5 Å². The van der Waals surface area contributed by atoms with Gasteiger partial charge in [0.2, 0.25) is 5.91 Å². The average molecular weight is 611 g/mol. The van der Waals surface area contributed by atoms with Gasteiger partial charge in [0.1, 0.15) is 5.75 Å². The third kappa shape index (κ3) is 11.5. The Morgan fingerprint density at radius 2 is 1.86 bits per heavy atom. The van der Waals surface area contributed by atoms with Crippen LogP contribution in [0.5, 0.6) is 5.75 Å². The van der Waals surface area contributed by atoms with Crippen molar-refractivity contribution in [3.05, 3.63) is 59.7 Å². The van der Waals surface area contributed by atoms with E-state index in [9.17, 15) is 14.7 Å². The third-order valence-corrected chi connectivity index (χ3v) is 8.13. The van der Waals surface area contributed by atoms with Gasteiger partial charge in [-0.05, 0) is 91.0 Å². The van der Waals surface area contributed by atoms with E-state index in [2.05, 4.69) is 36.3 Å². The highest BCUT2D eigenvalue weighted by Crippen LogP contribution is 2.28. The lowest BCUT2D eigenvalue weighted by molar-refractivity contribution is -0.116. The number of ether oxygens (including phenoxy) is 2. The molecule has 244 valence electrons. The number of hydrogen-bond acceptors (Lipinski definition) is 7. The zero-order chi connectivity index (χ0) is 32.1. The first-order chi connectivity index (χ1) is 21.1. The summed E-state index contributed by atoms with van der Waals surface area (Å²) < 4.78 is 12.8. The number of carbonyl (C=O) groups is 2. The molecule has 0 fully saturated rings. The molecule has 2 aromatic carbocycles. The van der Waals surface area contributed by atoms with E-state index >= 15 is 0 Å². The lowest BCUT2D eigenvalue weighted by atomic mass is 10.0. The minimum atomic E-state index is -0.421. The fraction of sp³-hybridized carbons (Fsp3) is 0.600. The summed E-state index contributed by atoms with van der Waals surface area (Å²) in [5, 5.41) is 13.2. The van der Waals surface area contributed by atoms with Crippen LogP contribution in [0.25, 0.3) is 0 Å². The molecule has 0 radical (unpaired) electrons. The summed E-state index contributed by atoms with van der Waals surface area (Å²) in [6.07, 6.45) is 3.61. The molecule has 9 heteroatoms. The van der Waals surface area contributed by atoms with Crippen LogP contribution in [0.3, 0.4) is 0 Å². The second kappa shape index (κ2) is 18.1. The van der Waals surface area contributed by atoms with Crippen molar-refractivity contribution in [2.24, 2.45) is 5.92 Å². The molecule has 1 aliphatic rings. The summed E-state index contributed by atoms with van der Waals surface area (Å²) in [4.78, 5) is 33.0. The SMILES string of the molecule is C[C@@H]1CCCCO[C@H](CN(C)Cc2ccccc2)[C@@H](C)CN([C@@H](C)CO)C(=O)c2cc(NC(=O)CCCN(C)C)ccc2O1. The number of benzene rings is 2. The van der Waals surface area contributed by atoms with Crippen molar-refractivity contribution in [1.29, 1.82) is 0 Å². The van der Waals surface area contributed by atoms with Crippen LogP contribution in [0.1, 0.15) is 68.8 Å². The number of likely N-dealkylation sites (N-methyl/N-ethyl adjacent to an activating group) is 1. The molecule has 0 aromatic heterocycles. The summed E-state index contributed by atoms with van der Waals surface area (Å²) >= 11 is 0. The smallest absolute Gasteiger partial charge is 0.258 e. The number of carbonyl (C=O) groups excluding carboxylic acids is 2. The van der Waals surface area contributed by atoms with Gasteiger partial charge in [0, 0.05) is 44.3 Å². The molecule has 2 N–H and O–H groups in total. The van der Waals surface area contributed by atoms with Gasteiger partial charge in [0.05, 0.1) is 30.4 Å². The Morgan fingerprint density at radius 3 is 2.57 bits per heavy atom. The summed E-state index contributed by atoms with van der Waals surface area (Å²) in [5.41, 5.74) is 2.17.